The highest BCUT2D eigenvalue weighted by Gasteiger charge is 2.13. The monoisotopic (exact) mass is 367 g/mol. The summed E-state index contributed by atoms with van der Waals surface area (Å²) in [6.45, 7) is 0.0815. The second kappa shape index (κ2) is 7.61. The van der Waals surface area contributed by atoms with E-state index in [4.69, 9.17) is 0 Å². The van der Waals surface area contributed by atoms with Crippen LogP contribution in [0.4, 0.5) is 15.8 Å². The fraction of sp³-hybridized carbons (Fsp3) is 0.0526. The van der Waals surface area contributed by atoms with Gasteiger partial charge in [-0.05, 0) is 42.0 Å². The number of carbonyl (C=O) groups is 1. The Hall–Kier alpha value is -3.81. The van der Waals surface area contributed by atoms with Crippen LogP contribution >= 0.6 is 0 Å². The van der Waals surface area contributed by atoms with Crippen LogP contribution in [0.15, 0.2) is 71.7 Å². The Morgan fingerprint density at radius 1 is 1.11 bits per heavy atom. The van der Waals surface area contributed by atoms with Gasteiger partial charge in [-0.25, -0.2) is 4.39 Å². The fourth-order valence-corrected chi connectivity index (χ4v) is 2.53. The number of nitro benzene ring substituents is 1. The van der Waals surface area contributed by atoms with Gasteiger partial charge in [0.05, 0.1) is 11.5 Å². The summed E-state index contributed by atoms with van der Waals surface area (Å²) in [5.41, 5.74) is 0.207. The van der Waals surface area contributed by atoms with E-state index in [1.54, 1.807) is 12.1 Å². The zero-order valence-electron chi connectivity index (χ0n) is 14.0. The normalized spacial score (nSPS) is 10.4. The van der Waals surface area contributed by atoms with Crippen molar-refractivity contribution in [2.24, 2.45) is 0 Å². The fourth-order valence-electron chi connectivity index (χ4n) is 2.53. The lowest BCUT2D eigenvalue weighted by Crippen LogP contribution is -2.29. The molecule has 8 heteroatoms. The zero-order valence-corrected chi connectivity index (χ0v) is 14.0. The largest absolute Gasteiger partial charge is 0.322 e. The van der Waals surface area contributed by atoms with Crippen LogP contribution in [0.25, 0.3) is 0 Å². The highest BCUT2D eigenvalue weighted by Crippen LogP contribution is 2.14. The van der Waals surface area contributed by atoms with E-state index in [1.165, 1.54) is 59.3 Å². The second-order valence-corrected chi connectivity index (χ2v) is 5.74. The van der Waals surface area contributed by atoms with E-state index in [1.807, 2.05) is 0 Å². The minimum Gasteiger partial charge on any atom is -0.322 e. The molecule has 0 atom stereocenters. The summed E-state index contributed by atoms with van der Waals surface area (Å²) in [6.07, 6.45) is 1.50. The van der Waals surface area contributed by atoms with Crippen molar-refractivity contribution < 1.29 is 14.1 Å². The Kier molecular flexibility index (Phi) is 5.07. The van der Waals surface area contributed by atoms with Crippen molar-refractivity contribution in [1.82, 2.24) is 4.57 Å². The number of non-ortho nitro benzene ring substituents is 1. The lowest BCUT2D eigenvalue weighted by Gasteiger charge is -2.09. The Balaban J connectivity index is 1.84. The third kappa shape index (κ3) is 4.24. The molecule has 1 N–H and O–H groups in total. The first-order chi connectivity index (χ1) is 12.9. The van der Waals surface area contributed by atoms with Crippen molar-refractivity contribution in [1.29, 1.82) is 0 Å². The maximum atomic E-state index is 12.9. The Labute approximate surface area is 152 Å². The van der Waals surface area contributed by atoms with Gasteiger partial charge in [0, 0.05) is 24.0 Å². The standard InChI is InChI=1S/C19H14FN3O4/c20-14-6-8-15(9-7-14)21-18(24)17-5-2-10-22(19(17)25)12-13-3-1-4-16(11-13)23(26)27/h1-11H,12H2,(H,21,24). The highest BCUT2D eigenvalue weighted by atomic mass is 19.1. The molecule has 0 aliphatic heterocycles. The predicted molar refractivity (Wildman–Crippen MR) is 97.3 cm³/mol. The van der Waals surface area contributed by atoms with Crippen LogP contribution in [-0.4, -0.2) is 15.4 Å². The molecule has 0 bridgehead atoms. The van der Waals surface area contributed by atoms with Crippen LogP contribution in [0.3, 0.4) is 0 Å². The molecular formula is C19H14FN3O4. The smallest absolute Gasteiger partial charge is 0.269 e. The van der Waals surface area contributed by atoms with Crippen LogP contribution in [0.1, 0.15) is 15.9 Å². The molecular weight excluding hydrogens is 353 g/mol. The molecule has 7 nitrogen and oxygen atoms in total. The molecule has 0 radical (unpaired) electrons. The topological polar surface area (TPSA) is 94.2 Å². The summed E-state index contributed by atoms with van der Waals surface area (Å²) in [5, 5.41) is 13.4. The molecule has 0 saturated heterocycles. The van der Waals surface area contributed by atoms with E-state index >= 15 is 0 Å². The number of hydrogen-bond donors (Lipinski definition) is 1. The van der Waals surface area contributed by atoms with Gasteiger partial charge in [-0.1, -0.05) is 12.1 Å². The lowest BCUT2D eigenvalue weighted by molar-refractivity contribution is -0.384. The van der Waals surface area contributed by atoms with Crippen molar-refractivity contribution >= 4 is 17.3 Å². The highest BCUT2D eigenvalue weighted by molar-refractivity contribution is 6.03. The number of pyridine rings is 1. The number of nitrogens with zero attached hydrogens (tertiary/aromatic N) is 2. The maximum Gasteiger partial charge on any atom is 0.269 e. The van der Waals surface area contributed by atoms with Crippen molar-refractivity contribution in [3.63, 3.8) is 0 Å². The number of carbonyl (C=O) groups excluding carboxylic acids is 1. The molecule has 0 spiro atoms. The number of benzene rings is 2. The summed E-state index contributed by atoms with van der Waals surface area (Å²) < 4.78 is 14.2. The van der Waals surface area contributed by atoms with Gasteiger partial charge < -0.3 is 9.88 Å². The minimum absolute atomic E-state index is 0.0780. The van der Waals surface area contributed by atoms with E-state index < -0.39 is 22.2 Å². The lowest BCUT2D eigenvalue weighted by atomic mass is 10.2. The molecule has 0 aliphatic carbocycles. The van der Waals surface area contributed by atoms with Crippen LogP contribution < -0.4 is 10.9 Å². The molecule has 0 saturated carbocycles. The third-order valence-corrected chi connectivity index (χ3v) is 3.84. The molecule has 2 aromatic carbocycles. The first-order valence-electron chi connectivity index (χ1n) is 7.94. The van der Waals surface area contributed by atoms with Gasteiger partial charge in [-0.15, -0.1) is 0 Å². The van der Waals surface area contributed by atoms with E-state index in [9.17, 15) is 24.1 Å². The first kappa shape index (κ1) is 18.0. The van der Waals surface area contributed by atoms with Crippen molar-refractivity contribution in [3.8, 4) is 0 Å². The Morgan fingerprint density at radius 2 is 1.85 bits per heavy atom. The Bertz CT molecular complexity index is 1060. The zero-order chi connectivity index (χ0) is 19.4. The van der Waals surface area contributed by atoms with Gasteiger partial charge >= 0.3 is 0 Å². The minimum atomic E-state index is -0.625. The third-order valence-electron chi connectivity index (χ3n) is 3.84. The van der Waals surface area contributed by atoms with Crippen LogP contribution in [0.5, 0.6) is 0 Å². The number of hydrogen-bond acceptors (Lipinski definition) is 4. The number of nitro groups is 1. The molecule has 3 rings (SSSR count). The summed E-state index contributed by atoms with van der Waals surface area (Å²) in [4.78, 5) is 35.3. The Morgan fingerprint density at radius 3 is 2.56 bits per heavy atom. The van der Waals surface area contributed by atoms with Gasteiger partial charge in [0.1, 0.15) is 11.4 Å². The SMILES string of the molecule is O=C(Nc1ccc(F)cc1)c1cccn(Cc2cccc([N+](=O)[O-])c2)c1=O. The van der Waals surface area contributed by atoms with Gasteiger partial charge in [-0.2, -0.15) is 0 Å². The summed E-state index contributed by atoms with van der Waals surface area (Å²) >= 11 is 0. The number of nitrogens with one attached hydrogen (secondary N) is 1. The molecule has 0 unspecified atom stereocenters. The molecule has 3 aromatic rings. The van der Waals surface area contributed by atoms with Gasteiger partial charge in [0.15, 0.2) is 0 Å². The van der Waals surface area contributed by atoms with Crippen molar-refractivity contribution in [3.05, 3.63) is 104 Å². The predicted octanol–water partition coefficient (Wildman–Crippen LogP) is 3.20. The molecule has 0 fully saturated rings. The molecule has 0 aliphatic rings. The number of anilines is 1. The molecule has 136 valence electrons. The van der Waals surface area contributed by atoms with Crippen molar-refractivity contribution in [2.75, 3.05) is 5.32 Å². The average molecular weight is 367 g/mol. The van der Waals surface area contributed by atoms with E-state index in [-0.39, 0.29) is 17.8 Å². The second-order valence-electron chi connectivity index (χ2n) is 5.74. The van der Waals surface area contributed by atoms with E-state index in [0.29, 0.717) is 11.3 Å². The molecule has 1 aromatic heterocycles. The molecule has 1 heterocycles. The number of rotatable bonds is 5. The van der Waals surface area contributed by atoms with Crippen LogP contribution in [0.2, 0.25) is 0 Å². The van der Waals surface area contributed by atoms with Crippen molar-refractivity contribution in [2.45, 2.75) is 6.54 Å². The van der Waals surface area contributed by atoms with Gasteiger partial charge in [0.25, 0.3) is 17.2 Å². The quantitative estimate of drug-likeness (QED) is 0.553. The molecule has 27 heavy (non-hydrogen) atoms. The van der Waals surface area contributed by atoms with Gasteiger partial charge in [0.2, 0.25) is 0 Å². The van der Waals surface area contributed by atoms with Crippen LogP contribution in [0, 0.1) is 15.9 Å². The molecule has 1 amide bonds. The number of halogens is 1. The van der Waals surface area contributed by atoms with Gasteiger partial charge in [-0.3, -0.25) is 19.7 Å². The summed E-state index contributed by atoms with van der Waals surface area (Å²) in [6, 6.07) is 14.0. The average Bonchev–Trinajstić information content (AvgIpc) is 2.65. The van der Waals surface area contributed by atoms with E-state index in [0.717, 1.165) is 0 Å². The number of aromatic nitrogens is 1. The van der Waals surface area contributed by atoms with E-state index in [2.05, 4.69) is 5.32 Å². The number of amides is 1. The summed E-state index contributed by atoms with van der Waals surface area (Å²) in [7, 11) is 0. The first-order valence-corrected chi connectivity index (χ1v) is 7.94. The maximum absolute atomic E-state index is 12.9. The van der Waals surface area contributed by atoms with Crippen LogP contribution in [-0.2, 0) is 6.54 Å². The summed E-state index contributed by atoms with van der Waals surface area (Å²) in [5.74, 6) is -1.06.